The van der Waals surface area contributed by atoms with E-state index in [9.17, 15) is 9.59 Å². The summed E-state index contributed by atoms with van der Waals surface area (Å²) in [6.07, 6.45) is 4.41. The van der Waals surface area contributed by atoms with Gasteiger partial charge in [-0.25, -0.2) is 0 Å². The highest BCUT2D eigenvalue weighted by Gasteiger charge is 2.29. The highest BCUT2D eigenvalue weighted by molar-refractivity contribution is 5.80. The van der Waals surface area contributed by atoms with Crippen molar-refractivity contribution in [1.29, 1.82) is 0 Å². The number of carboxylic acid groups (broad SMARTS) is 1. The highest BCUT2D eigenvalue weighted by atomic mass is 16.4. The van der Waals surface area contributed by atoms with Crippen LogP contribution in [0.4, 0.5) is 0 Å². The van der Waals surface area contributed by atoms with Gasteiger partial charge in [0.1, 0.15) is 0 Å². The molecule has 5 nitrogen and oxygen atoms in total. The quantitative estimate of drug-likeness (QED) is 0.667. The Morgan fingerprint density at radius 1 is 1.41 bits per heavy atom. The zero-order chi connectivity index (χ0) is 12.8. The van der Waals surface area contributed by atoms with E-state index in [0.29, 0.717) is 6.42 Å². The van der Waals surface area contributed by atoms with Crippen LogP contribution in [0.2, 0.25) is 0 Å². The van der Waals surface area contributed by atoms with E-state index in [1.165, 1.54) is 0 Å². The third-order valence-corrected chi connectivity index (χ3v) is 3.42. The second-order valence-corrected chi connectivity index (χ2v) is 4.77. The smallest absolute Gasteiger partial charge is 0.305 e. The molecule has 4 N–H and O–H groups in total. The molecule has 98 valence electrons. The zero-order valence-electron chi connectivity index (χ0n) is 10.3. The molecule has 1 aliphatic rings. The normalized spacial score (nSPS) is 26.2. The molecule has 3 atom stereocenters. The van der Waals surface area contributed by atoms with Gasteiger partial charge < -0.3 is 16.2 Å². The van der Waals surface area contributed by atoms with Crippen molar-refractivity contribution in [3.05, 3.63) is 0 Å². The van der Waals surface area contributed by atoms with Crippen LogP contribution in [-0.2, 0) is 9.59 Å². The van der Waals surface area contributed by atoms with E-state index in [2.05, 4.69) is 5.32 Å². The summed E-state index contributed by atoms with van der Waals surface area (Å²) >= 11 is 0. The van der Waals surface area contributed by atoms with Crippen LogP contribution < -0.4 is 11.1 Å². The van der Waals surface area contributed by atoms with Gasteiger partial charge >= 0.3 is 5.97 Å². The maximum Gasteiger partial charge on any atom is 0.305 e. The summed E-state index contributed by atoms with van der Waals surface area (Å²) in [5.41, 5.74) is 5.92. The van der Waals surface area contributed by atoms with Crippen LogP contribution in [0.1, 0.15) is 45.4 Å². The Morgan fingerprint density at radius 3 is 2.59 bits per heavy atom. The van der Waals surface area contributed by atoms with Crippen molar-refractivity contribution >= 4 is 11.9 Å². The lowest BCUT2D eigenvalue weighted by atomic mass is 9.84. The number of rotatable bonds is 5. The molecule has 0 bridgehead atoms. The van der Waals surface area contributed by atoms with Gasteiger partial charge in [-0.2, -0.15) is 0 Å². The first kappa shape index (κ1) is 14.0. The minimum absolute atomic E-state index is 0.0236. The van der Waals surface area contributed by atoms with Gasteiger partial charge in [-0.15, -0.1) is 0 Å². The average molecular weight is 242 g/mol. The summed E-state index contributed by atoms with van der Waals surface area (Å²) < 4.78 is 0. The van der Waals surface area contributed by atoms with E-state index in [1.807, 2.05) is 6.92 Å². The molecule has 3 unspecified atom stereocenters. The first-order valence-corrected chi connectivity index (χ1v) is 6.32. The molecule has 5 heteroatoms. The Balaban J connectivity index is 2.48. The van der Waals surface area contributed by atoms with Gasteiger partial charge in [0.25, 0.3) is 0 Å². The first-order chi connectivity index (χ1) is 8.04. The minimum atomic E-state index is -0.884. The van der Waals surface area contributed by atoms with Gasteiger partial charge in [-0.3, -0.25) is 9.59 Å². The number of nitrogens with one attached hydrogen (secondary N) is 1. The van der Waals surface area contributed by atoms with E-state index in [-0.39, 0.29) is 30.3 Å². The molecule has 0 aromatic heterocycles. The number of nitrogens with two attached hydrogens (primary N) is 1. The Bertz CT molecular complexity index is 281. The van der Waals surface area contributed by atoms with Gasteiger partial charge in [0.05, 0.1) is 12.3 Å². The molecule has 17 heavy (non-hydrogen) atoms. The Kier molecular flexibility index (Phi) is 5.41. The van der Waals surface area contributed by atoms with Crippen LogP contribution in [0, 0.1) is 5.92 Å². The largest absolute Gasteiger partial charge is 0.481 e. The van der Waals surface area contributed by atoms with Crippen LogP contribution in [0.15, 0.2) is 0 Å². The Hall–Kier alpha value is -1.10. The van der Waals surface area contributed by atoms with E-state index in [4.69, 9.17) is 10.8 Å². The first-order valence-electron chi connectivity index (χ1n) is 6.32. The third-order valence-electron chi connectivity index (χ3n) is 3.42. The molecule has 1 saturated carbocycles. The lowest BCUT2D eigenvalue weighted by Gasteiger charge is -2.29. The molecule has 0 aromatic carbocycles. The lowest BCUT2D eigenvalue weighted by molar-refractivity contribution is -0.138. The molecular weight excluding hydrogens is 220 g/mol. The standard InChI is InChI=1S/C12H22N2O3/c1-2-8(7-11(15)16)14-12(17)9-5-3-4-6-10(9)13/h8-10H,2-7,13H2,1H3,(H,14,17)(H,15,16). The van der Waals surface area contributed by atoms with Gasteiger partial charge in [-0.1, -0.05) is 19.8 Å². The number of carboxylic acids is 1. The predicted octanol–water partition coefficient (Wildman–Crippen LogP) is 0.873. The van der Waals surface area contributed by atoms with E-state index < -0.39 is 5.97 Å². The van der Waals surface area contributed by atoms with Crippen molar-refractivity contribution in [1.82, 2.24) is 5.32 Å². The van der Waals surface area contributed by atoms with E-state index in [1.54, 1.807) is 0 Å². The number of hydrogen-bond acceptors (Lipinski definition) is 3. The van der Waals surface area contributed by atoms with Crippen molar-refractivity contribution in [3.8, 4) is 0 Å². The zero-order valence-corrected chi connectivity index (χ0v) is 10.3. The van der Waals surface area contributed by atoms with Gasteiger partial charge in [0, 0.05) is 12.1 Å². The van der Waals surface area contributed by atoms with E-state index >= 15 is 0 Å². The SMILES string of the molecule is CCC(CC(=O)O)NC(=O)C1CCCCC1N. The number of amides is 1. The molecular formula is C12H22N2O3. The summed E-state index contributed by atoms with van der Waals surface area (Å²) in [4.78, 5) is 22.6. The topological polar surface area (TPSA) is 92.4 Å². The summed E-state index contributed by atoms with van der Waals surface area (Å²) in [5, 5.41) is 11.5. The third kappa shape index (κ3) is 4.34. The summed E-state index contributed by atoms with van der Waals surface area (Å²) in [6, 6.07) is -0.361. The van der Waals surface area contributed by atoms with Crippen molar-refractivity contribution in [3.63, 3.8) is 0 Å². The molecule has 0 saturated heterocycles. The second-order valence-electron chi connectivity index (χ2n) is 4.77. The lowest BCUT2D eigenvalue weighted by Crippen LogP contribution is -2.47. The summed E-state index contributed by atoms with van der Waals surface area (Å²) in [7, 11) is 0. The Morgan fingerprint density at radius 2 is 2.06 bits per heavy atom. The second kappa shape index (κ2) is 6.59. The molecule has 0 aliphatic heterocycles. The predicted molar refractivity (Wildman–Crippen MR) is 64.4 cm³/mol. The molecule has 1 rings (SSSR count). The maximum atomic E-state index is 12.0. The number of carbonyl (C=O) groups excluding carboxylic acids is 1. The van der Waals surface area contributed by atoms with Crippen LogP contribution in [0.3, 0.4) is 0 Å². The molecule has 0 radical (unpaired) electrons. The van der Waals surface area contributed by atoms with Gasteiger partial charge in [-0.05, 0) is 19.3 Å². The van der Waals surface area contributed by atoms with Crippen LogP contribution >= 0.6 is 0 Å². The number of hydrogen-bond donors (Lipinski definition) is 3. The monoisotopic (exact) mass is 242 g/mol. The molecule has 1 aliphatic carbocycles. The fourth-order valence-corrected chi connectivity index (χ4v) is 2.30. The minimum Gasteiger partial charge on any atom is -0.481 e. The van der Waals surface area contributed by atoms with Crippen LogP contribution in [0.25, 0.3) is 0 Å². The average Bonchev–Trinajstić information content (AvgIpc) is 2.27. The van der Waals surface area contributed by atoms with E-state index in [0.717, 1.165) is 25.7 Å². The molecule has 0 spiro atoms. The summed E-state index contributed by atoms with van der Waals surface area (Å²) in [5.74, 6) is -1.11. The van der Waals surface area contributed by atoms with Crippen molar-refractivity contribution in [2.24, 2.45) is 11.7 Å². The Labute approximate surface area is 102 Å². The molecule has 1 fully saturated rings. The molecule has 0 heterocycles. The fraction of sp³-hybridized carbons (Fsp3) is 0.833. The highest BCUT2D eigenvalue weighted by Crippen LogP contribution is 2.23. The van der Waals surface area contributed by atoms with Crippen molar-refractivity contribution in [2.45, 2.75) is 57.5 Å². The van der Waals surface area contributed by atoms with Gasteiger partial charge in [0.15, 0.2) is 0 Å². The maximum absolute atomic E-state index is 12.0. The fourth-order valence-electron chi connectivity index (χ4n) is 2.30. The number of carbonyl (C=O) groups is 2. The molecule has 1 amide bonds. The van der Waals surface area contributed by atoms with Crippen molar-refractivity contribution < 1.29 is 14.7 Å². The molecule has 0 aromatic rings. The van der Waals surface area contributed by atoms with Crippen molar-refractivity contribution in [2.75, 3.05) is 0 Å². The van der Waals surface area contributed by atoms with Crippen LogP contribution in [-0.4, -0.2) is 29.1 Å². The van der Waals surface area contributed by atoms with Gasteiger partial charge in [0.2, 0.25) is 5.91 Å². The van der Waals surface area contributed by atoms with Crippen LogP contribution in [0.5, 0.6) is 0 Å². The summed E-state index contributed by atoms with van der Waals surface area (Å²) in [6.45, 7) is 1.87. The number of aliphatic carboxylic acids is 1.